The second-order valence-electron chi connectivity index (χ2n) is 10.6. The first-order chi connectivity index (χ1) is 18.3. The second-order valence-corrected chi connectivity index (χ2v) is 10.6. The fourth-order valence-electron chi connectivity index (χ4n) is 6.86. The SMILES string of the molecule is c1ccc(-c2cccc3c2O[N+]24Oc5c(cccc5-c5ccccc5)CN2C2CCCCC2N4C3)cc1. The third kappa shape index (κ3) is 3.15. The topological polar surface area (TPSA) is 24.9 Å². The molecule has 4 aromatic carbocycles. The van der Waals surface area contributed by atoms with Gasteiger partial charge < -0.3 is 0 Å². The summed E-state index contributed by atoms with van der Waals surface area (Å²) in [5, 5.41) is 4.90. The van der Waals surface area contributed by atoms with Gasteiger partial charge in [0.1, 0.15) is 0 Å². The number of quaternary nitrogens is 1. The molecule has 5 heteroatoms. The molecule has 8 rings (SSSR count). The zero-order valence-corrected chi connectivity index (χ0v) is 20.8. The van der Waals surface area contributed by atoms with E-state index in [-0.39, 0.29) is 5.03 Å². The molecule has 37 heavy (non-hydrogen) atoms. The van der Waals surface area contributed by atoms with E-state index < -0.39 is 0 Å². The Morgan fingerprint density at radius 2 is 1.00 bits per heavy atom. The lowest BCUT2D eigenvalue weighted by atomic mass is 9.89. The summed E-state index contributed by atoms with van der Waals surface area (Å²) in [4.78, 5) is 14.3. The average Bonchev–Trinajstić information content (AvgIpc) is 3.24. The van der Waals surface area contributed by atoms with Gasteiger partial charge >= 0.3 is 0 Å². The Labute approximate surface area is 217 Å². The third-order valence-corrected chi connectivity index (χ3v) is 8.56. The first-order valence-electron chi connectivity index (χ1n) is 13.5. The van der Waals surface area contributed by atoms with Crippen molar-refractivity contribution >= 4 is 0 Å². The molecule has 1 saturated carbocycles. The summed E-state index contributed by atoms with van der Waals surface area (Å²) in [7, 11) is 0. The van der Waals surface area contributed by atoms with Gasteiger partial charge in [0, 0.05) is 22.3 Å². The predicted molar refractivity (Wildman–Crippen MR) is 142 cm³/mol. The van der Waals surface area contributed by atoms with Crippen molar-refractivity contribution < 1.29 is 14.7 Å². The Morgan fingerprint density at radius 1 is 0.541 bits per heavy atom. The number of fused-ring (bicyclic) bond motifs is 5. The molecule has 0 N–H and O–H groups in total. The Morgan fingerprint density at radius 3 is 1.46 bits per heavy atom. The van der Waals surface area contributed by atoms with Crippen molar-refractivity contribution in [3.63, 3.8) is 0 Å². The van der Waals surface area contributed by atoms with Gasteiger partial charge in [0.25, 0.3) is 0 Å². The summed E-state index contributed by atoms with van der Waals surface area (Å²) < 4.78 is 0. The number of benzene rings is 4. The van der Waals surface area contributed by atoms with E-state index in [1.165, 1.54) is 36.8 Å². The quantitative estimate of drug-likeness (QED) is 0.286. The lowest BCUT2D eigenvalue weighted by Crippen LogP contribution is -2.70. The minimum atomic E-state index is -0.0248. The molecule has 5 nitrogen and oxygen atoms in total. The van der Waals surface area contributed by atoms with Crippen LogP contribution in [0.5, 0.6) is 11.5 Å². The van der Waals surface area contributed by atoms with E-state index in [0.717, 1.165) is 46.8 Å². The van der Waals surface area contributed by atoms with Crippen LogP contribution in [0.25, 0.3) is 22.3 Å². The first kappa shape index (κ1) is 21.4. The highest BCUT2D eigenvalue weighted by Gasteiger charge is 2.69. The lowest BCUT2D eigenvalue weighted by molar-refractivity contribution is -1.35. The molecule has 184 valence electrons. The van der Waals surface area contributed by atoms with Crippen molar-refractivity contribution in [1.29, 1.82) is 0 Å². The summed E-state index contributed by atoms with van der Waals surface area (Å²) in [5.41, 5.74) is 7.01. The summed E-state index contributed by atoms with van der Waals surface area (Å²) >= 11 is 0. The Kier molecular flexibility index (Phi) is 4.74. The van der Waals surface area contributed by atoms with Crippen molar-refractivity contribution in [3.8, 4) is 33.8 Å². The number of nitrogens with zero attached hydrogens (tertiary/aromatic N) is 3. The highest BCUT2D eigenvalue weighted by molar-refractivity contribution is 5.73. The maximum atomic E-state index is 7.14. The van der Waals surface area contributed by atoms with Crippen LogP contribution in [0.1, 0.15) is 36.8 Å². The number of rotatable bonds is 2. The van der Waals surface area contributed by atoms with Gasteiger partial charge in [-0.3, -0.25) is 0 Å². The van der Waals surface area contributed by atoms with Gasteiger partial charge in [0.2, 0.25) is 11.5 Å². The molecule has 0 radical (unpaired) electrons. The Balaban J connectivity index is 1.31. The zero-order valence-electron chi connectivity index (χ0n) is 20.8. The number of para-hydroxylation sites is 2. The minimum Gasteiger partial charge on any atom is -0.225 e. The van der Waals surface area contributed by atoms with E-state index in [1.54, 1.807) is 0 Å². The van der Waals surface area contributed by atoms with Gasteiger partial charge in [-0.1, -0.05) is 110 Å². The fourth-order valence-corrected chi connectivity index (χ4v) is 6.86. The maximum Gasteiger partial charge on any atom is 0.214 e. The van der Waals surface area contributed by atoms with Crippen LogP contribution < -0.4 is 9.68 Å². The van der Waals surface area contributed by atoms with Crippen LogP contribution in [0.15, 0.2) is 97.1 Å². The van der Waals surface area contributed by atoms with Crippen LogP contribution in [0.4, 0.5) is 0 Å². The molecular formula is C32H30N3O2+. The average molecular weight is 489 g/mol. The molecule has 3 aliphatic heterocycles. The molecule has 1 saturated heterocycles. The van der Waals surface area contributed by atoms with Crippen LogP contribution in [0.2, 0.25) is 0 Å². The molecule has 1 aliphatic carbocycles. The third-order valence-electron chi connectivity index (χ3n) is 8.56. The van der Waals surface area contributed by atoms with E-state index in [0.29, 0.717) is 12.1 Å². The smallest absolute Gasteiger partial charge is 0.214 e. The van der Waals surface area contributed by atoms with Crippen molar-refractivity contribution in [3.05, 3.63) is 108 Å². The summed E-state index contributed by atoms with van der Waals surface area (Å²) in [6, 6.07) is 35.0. The molecule has 3 heterocycles. The van der Waals surface area contributed by atoms with Crippen LogP contribution >= 0.6 is 0 Å². The molecule has 2 unspecified atom stereocenters. The standard InChI is InChI=1S/C32H30N3O2/c1-3-11-23(12-4-1)27-17-9-15-25-21-33-29-19-7-8-20-30(29)34-22-26-16-10-18-28(24-13-5-2-6-14-24)32(26)37-35(33,34)36-31(25)27/h1-6,9-18,29-30H,7-8,19-22H2/q+1. The van der Waals surface area contributed by atoms with Crippen molar-refractivity contribution in [1.82, 2.24) is 10.0 Å². The van der Waals surface area contributed by atoms with E-state index in [4.69, 9.17) is 9.68 Å². The first-order valence-corrected chi connectivity index (χ1v) is 13.5. The van der Waals surface area contributed by atoms with Gasteiger partial charge in [0.05, 0.1) is 25.2 Å². The molecule has 0 amide bonds. The predicted octanol–water partition coefficient (Wildman–Crippen LogP) is 6.91. The molecule has 4 aliphatic rings. The second kappa shape index (κ2) is 8.18. The van der Waals surface area contributed by atoms with E-state index >= 15 is 0 Å². The van der Waals surface area contributed by atoms with Gasteiger partial charge in [0.15, 0.2) is 5.03 Å². The van der Waals surface area contributed by atoms with Crippen molar-refractivity contribution in [2.75, 3.05) is 0 Å². The molecule has 2 atom stereocenters. The van der Waals surface area contributed by atoms with Gasteiger partial charge in [-0.25, -0.2) is 9.68 Å². The Hall–Kier alpha value is -3.64. The van der Waals surface area contributed by atoms with E-state index in [1.807, 2.05) is 0 Å². The van der Waals surface area contributed by atoms with Gasteiger partial charge in [-0.05, 0) is 34.0 Å². The van der Waals surface area contributed by atoms with Gasteiger partial charge in [-0.2, -0.15) is 0 Å². The summed E-state index contributed by atoms with van der Waals surface area (Å²) in [6.07, 6.45) is 4.85. The minimum absolute atomic E-state index is 0.0248. The summed E-state index contributed by atoms with van der Waals surface area (Å²) in [5.74, 6) is 1.85. The van der Waals surface area contributed by atoms with Crippen LogP contribution in [-0.4, -0.2) is 27.1 Å². The van der Waals surface area contributed by atoms with Crippen molar-refractivity contribution in [2.45, 2.75) is 50.9 Å². The highest BCUT2D eigenvalue weighted by Crippen LogP contribution is 2.53. The monoisotopic (exact) mass is 488 g/mol. The molecule has 0 aromatic heterocycles. The number of hydrogen-bond donors (Lipinski definition) is 0. The van der Waals surface area contributed by atoms with Gasteiger partial charge in [-0.15, -0.1) is 0 Å². The molecule has 2 fully saturated rings. The largest absolute Gasteiger partial charge is 0.225 e. The Bertz CT molecular complexity index is 1360. The van der Waals surface area contributed by atoms with Crippen LogP contribution in [0, 0.1) is 0 Å². The zero-order chi connectivity index (χ0) is 24.4. The number of hydrogen-bond acceptors (Lipinski definition) is 4. The van der Waals surface area contributed by atoms with E-state index in [2.05, 4.69) is 107 Å². The molecular weight excluding hydrogens is 458 g/mol. The summed E-state index contributed by atoms with van der Waals surface area (Å²) in [6.45, 7) is 1.60. The van der Waals surface area contributed by atoms with Crippen molar-refractivity contribution in [2.24, 2.45) is 0 Å². The highest BCUT2D eigenvalue weighted by atomic mass is 17.1. The molecule has 4 aromatic rings. The van der Waals surface area contributed by atoms with Crippen LogP contribution in [0.3, 0.4) is 0 Å². The van der Waals surface area contributed by atoms with E-state index in [9.17, 15) is 0 Å². The fraction of sp³-hybridized carbons (Fsp3) is 0.250. The molecule has 1 spiro atoms. The molecule has 0 bridgehead atoms. The normalized spacial score (nSPS) is 26.1. The maximum absolute atomic E-state index is 7.14. The lowest BCUT2D eigenvalue weighted by Gasteiger charge is -2.44. The van der Waals surface area contributed by atoms with Crippen LogP contribution in [-0.2, 0) is 13.1 Å².